The van der Waals surface area contributed by atoms with Gasteiger partial charge in [0.1, 0.15) is 17.5 Å². The molecule has 2 amide bonds. The van der Waals surface area contributed by atoms with E-state index in [0.717, 1.165) is 42.9 Å². The third-order valence-corrected chi connectivity index (χ3v) is 5.34. The highest BCUT2D eigenvalue weighted by molar-refractivity contribution is 5.74. The number of piperidine rings is 1. The van der Waals surface area contributed by atoms with Gasteiger partial charge in [-0.25, -0.2) is 9.78 Å². The average Bonchev–Trinajstić information content (AvgIpc) is 3.20. The quantitative estimate of drug-likeness (QED) is 0.749. The van der Waals surface area contributed by atoms with Crippen molar-refractivity contribution in [3.8, 4) is 16.9 Å². The van der Waals surface area contributed by atoms with E-state index >= 15 is 0 Å². The lowest BCUT2D eigenvalue weighted by molar-refractivity contribution is 0.111. The van der Waals surface area contributed by atoms with E-state index in [0.29, 0.717) is 6.54 Å². The third-order valence-electron chi connectivity index (χ3n) is 5.34. The first kappa shape index (κ1) is 18.3. The van der Waals surface area contributed by atoms with Gasteiger partial charge in [-0.05, 0) is 43.7 Å². The average molecular weight is 378 g/mol. The van der Waals surface area contributed by atoms with Gasteiger partial charge in [0.25, 0.3) is 0 Å². The summed E-state index contributed by atoms with van der Waals surface area (Å²) in [4.78, 5) is 18.1. The molecule has 3 aromatic rings. The minimum absolute atomic E-state index is 0.0236. The van der Waals surface area contributed by atoms with Crippen molar-refractivity contribution >= 4 is 11.7 Å². The number of benzene rings is 1. The molecule has 1 aliphatic heterocycles. The molecule has 146 valence electrons. The van der Waals surface area contributed by atoms with Gasteiger partial charge >= 0.3 is 6.03 Å². The van der Waals surface area contributed by atoms with Crippen molar-refractivity contribution in [3.05, 3.63) is 54.5 Å². The van der Waals surface area contributed by atoms with E-state index in [2.05, 4.69) is 39.8 Å². The fraction of sp³-hybridized carbons (Fsp3) is 0.364. The molecule has 1 fully saturated rings. The first-order valence-corrected chi connectivity index (χ1v) is 9.88. The number of rotatable bonds is 4. The summed E-state index contributed by atoms with van der Waals surface area (Å²) in [5.74, 6) is 0.876. The number of urea groups is 1. The highest BCUT2D eigenvalue weighted by Gasteiger charge is 2.23. The van der Waals surface area contributed by atoms with E-state index in [1.807, 2.05) is 42.4 Å². The lowest BCUT2D eigenvalue weighted by Gasteiger charge is -2.32. The number of hydrogen-bond donors (Lipinski definition) is 1. The maximum atomic E-state index is 11.9. The Morgan fingerprint density at radius 2 is 1.93 bits per heavy atom. The number of amides is 2. The van der Waals surface area contributed by atoms with Gasteiger partial charge < -0.3 is 19.4 Å². The molecule has 0 unspecified atom stereocenters. The lowest BCUT2D eigenvalue weighted by atomic mass is 10.0. The number of carbonyl (C=O) groups excluding carboxylic acids is 1. The molecule has 0 aliphatic carbocycles. The van der Waals surface area contributed by atoms with Crippen LogP contribution in [0.2, 0.25) is 0 Å². The molecule has 0 bridgehead atoms. The summed E-state index contributed by atoms with van der Waals surface area (Å²) < 4.78 is 8.25. The van der Waals surface area contributed by atoms with Gasteiger partial charge in [-0.2, -0.15) is 0 Å². The molecule has 1 saturated heterocycles. The Morgan fingerprint density at radius 1 is 1.18 bits per heavy atom. The summed E-state index contributed by atoms with van der Waals surface area (Å²) >= 11 is 0. The molecule has 0 radical (unpaired) electrons. The van der Waals surface area contributed by atoms with Crippen molar-refractivity contribution in [2.75, 3.05) is 19.6 Å². The predicted molar refractivity (Wildman–Crippen MR) is 110 cm³/mol. The van der Waals surface area contributed by atoms with Gasteiger partial charge in [0, 0.05) is 56.1 Å². The van der Waals surface area contributed by atoms with Gasteiger partial charge in [0.15, 0.2) is 0 Å². The van der Waals surface area contributed by atoms with E-state index in [4.69, 9.17) is 4.74 Å². The van der Waals surface area contributed by atoms with Crippen LogP contribution in [0.4, 0.5) is 4.79 Å². The number of hydrogen-bond acceptors (Lipinski definition) is 3. The van der Waals surface area contributed by atoms with Crippen LogP contribution in [0.15, 0.2) is 48.8 Å². The Hall–Kier alpha value is -3.02. The molecule has 3 heterocycles. The standard InChI is InChI=1S/C22H26N4O2/c1-3-23-22(27)25-13-10-19(11-14-25)28-18-6-4-17(5-7-18)20-8-9-21-24-12-15-26(21)16(20)2/h4-9,12,15,19H,3,10-11,13-14H2,1-2H3,(H,23,27). The summed E-state index contributed by atoms with van der Waals surface area (Å²) in [7, 11) is 0. The highest BCUT2D eigenvalue weighted by Crippen LogP contribution is 2.27. The molecule has 0 atom stereocenters. The largest absolute Gasteiger partial charge is 0.490 e. The molecular weight excluding hydrogens is 352 g/mol. The van der Waals surface area contributed by atoms with Crippen molar-refractivity contribution < 1.29 is 9.53 Å². The number of nitrogens with one attached hydrogen (secondary N) is 1. The minimum Gasteiger partial charge on any atom is -0.490 e. The molecule has 0 spiro atoms. The van der Waals surface area contributed by atoms with E-state index in [1.165, 1.54) is 11.3 Å². The van der Waals surface area contributed by atoms with Crippen LogP contribution in [0, 0.1) is 6.92 Å². The van der Waals surface area contributed by atoms with Crippen LogP contribution >= 0.6 is 0 Å². The number of aromatic nitrogens is 2. The number of fused-ring (bicyclic) bond motifs is 1. The fourth-order valence-corrected chi connectivity index (χ4v) is 3.78. The molecule has 6 nitrogen and oxygen atoms in total. The first-order chi connectivity index (χ1) is 13.7. The van der Waals surface area contributed by atoms with E-state index in [-0.39, 0.29) is 12.1 Å². The Labute approximate surface area is 165 Å². The third kappa shape index (κ3) is 3.67. The SMILES string of the molecule is CCNC(=O)N1CCC(Oc2ccc(-c3ccc4nccn4c3C)cc2)CC1. The zero-order valence-corrected chi connectivity index (χ0v) is 16.4. The van der Waals surface area contributed by atoms with Crippen LogP contribution in [0.1, 0.15) is 25.5 Å². The van der Waals surface area contributed by atoms with Crippen LogP contribution in [0.25, 0.3) is 16.8 Å². The van der Waals surface area contributed by atoms with Crippen LogP contribution in [-0.4, -0.2) is 46.1 Å². The summed E-state index contributed by atoms with van der Waals surface area (Å²) in [6.07, 6.45) is 5.67. The molecule has 1 aromatic carbocycles. The normalized spacial score (nSPS) is 15.0. The highest BCUT2D eigenvalue weighted by atomic mass is 16.5. The topological polar surface area (TPSA) is 58.9 Å². The monoisotopic (exact) mass is 378 g/mol. The van der Waals surface area contributed by atoms with Crippen molar-refractivity contribution in [2.24, 2.45) is 0 Å². The van der Waals surface area contributed by atoms with Gasteiger partial charge in [-0.3, -0.25) is 0 Å². The van der Waals surface area contributed by atoms with E-state index in [1.54, 1.807) is 0 Å². The molecule has 6 heteroatoms. The summed E-state index contributed by atoms with van der Waals surface area (Å²) in [5.41, 5.74) is 4.47. The fourth-order valence-electron chi connectivity index (χ4n) is 3.78. The lowest BCUT2D eigenvalue weighted by Crippen LogP contribution is -2.46. The maximum Gasteiger partial charge on any atom is 0.317 e. The van der Waals surface area contributed by atoms with Gasteiger partial charge in [0.05, 0.1) is 0 Å². The zero-order chi connectivity index (χ0) is 19.5. The Kier molecular flexibility index (Phi) is 5.19. The number of nitrogens with zero attached hydrogens (tertiary/aromatic N) is 3. The second kappa shape index (κ2) is 7.92. The van der Waals surface area contributed by atoms with Crippen LogP contribution in [0.5, 0.6) is 5.75 Å². The summed E-state index contributed by atoms with van der Waals surface area (Å²) in [5, 5.41) is 2.86. The molecule has 2 aromatic heterocycles. The van der Waals surface area contributed by atoms with Crippen molar-refractivity contribution in [3.63, 3.8) is 0 Å². The van der Waals surface area contributed by atoms with Crippen molar-refractivity contribution in [2.45, 2.75) is 32.8 Å². The van der Waals surface area contributed by atoms with E-state index < -0.39 is 0 Å². The van der Waals surface area contributed by atoms with Crippen LogP contribution in [0.3, 0.4) is 0 Å². The number of imidazole rings is 1. The minimum atomic E-state index is 0.0236. The number of likely N-dealkylation sites (tertiary alicyclic amines) is 1. The zero-order valence-electron chi connectivity index (χ0n) is 16.4. The molecule has 1 N–H and O–H groups in total. The summed E-state index contributed by atoms with van der Waals surface area (Å²) in [6, 6.07) is 12.4. The van der Waals surface area contributed by atoms with Crippen LogP contribution < -0.4 is 10.1 Å². The Bertz CT molecular complexity index is 956. The second-order valence-corrected chi connectivity index (χ2v) is 7.15. The number of aryl methyl sites for hydroxylation is 1. The Morgan fingerprint density at radius 3 is 2.64 bits per heavy atom. The van der Waals surface area contributed by atoms with Crippen molar-refractivity contribution in [1.29, 1.82) is 0 Å². The Balaban J connectivity index is 1.40. The number of ether oxygens (including phenoxy) is 1. The molecule has 4 rings (SSSR count). The maximum absolute atomic E-state index is 11.9. The van der Waals surface area contributed by atoms with E-state index in [9.17, 15) is 4.79 Å². The molecular formula is C22H26N4O2. The number of pyridine rings is 1. The molecule has 28 heavy (non-hydrogen) atoms. The van der Waals surface area contributed by atoms with Gasteiger partial charge in [-0.1, -0.05) is 12.1 Å². The summed E-state index contributed by atoms with van der Waals surface area (Å²) in [6.45, 7) is 6.18. The second-order valence-electron chi connectivity index (χ2n) is 7.15. The number of carbonyl (C=O) groups is 1. The predicted octanol–water partition coefficient (Wildman–Crippen LogP) is 3.88. The van der Waals surface area contributed by atoms with Gasteiger partial charge in [-0.15, -0.1) is 0 Å². The van der Waals surface area contributed by atoms with Crippen LogP contribution in [-0.2, 0) is 0 Å². The first-order valence-electron chi connectivity index (χ1n) is 9.88. The van der Waals surface area contributed by atoms with Crippen molar-refractivity contribution in [1.82, 2.24) is 19.6 Å². The molecule has 0 saturated carbocycles. The molecule has 1 aliphatic rings. The van der Waals surface area contributed by atoms with Gasteiger partial charge in [0.2, 0.25) is 0 Å². The smallest absolute Gasteiger partial charge is 0.317 e.